The number of nitrogens with zero attached hydrogens (tertiary/aromatic N) is 3. The number of hydrogen-bond acceptors (Lipinski definition) is 12. The van der Waals surface area contributed by atoms with Gasteiger partial charge in [-0.05, 0) is 54.7 Å². The number of thiophene rings is 1. The number of methoxy groups -OCH3 is 2. The number of aryl methyl sites for hydroxylation is 1. The molecule has 0 atom stereocenters. The zero-order valence-corrected chi connectivity index (χ0v) is 22.3. The van der Waals surface area contributed by atoms with Crippen LogP contribution in [-0.2, 0) is 27.2 Å². The van der Waals surface area contributed by atoms with Crippen molar-refractivity contribution in [1.82, 2.24) is 5.43 Å². The van der Waals surface area contributed by atoms with E-state index in [0.717, 1.165) is 41.5 Å². The Morgan fingerprint density at radius 3 is 2.41 bits per heavy atom. The van der Waals surface area contributed by atoms with Crippen molar-refractivity contribution in [3.05, 3.63) is 78.2 Å². The highest BCUT2D eigenvalue weighted by Crippen LogP contribution is 2.40. The number of carbonyl (C=O) groups excluding carboxylic acids is 3. The number of fused-ring (bicyclic) bond motifs is 1. The van der Waals surface area contributed by atoms with E-state index >= 15 is 0 Å². The average Bonchev–Trinajstić information content (AvgIpc) is 3.54. The van der Waals surface area contributed by atoms with E-state index in [4.69, 9.17) is 14.2 Å². The number of ether oxygens (including phenoxy) is 3. The van der Waals surface area contributed by atoms with Crippen molar-refractivity contribution in [2.45, 2.75) is 19.3 Å². The first-order valence-corrected chi connectivity index (χ1v) is 12.6. The lowest BCUT2D eigenvalue weighted by Crippen LogP contribution is -2.32. The lowest BCUT2D eigenvalue weighted by atomic mass is 10.1. The van der Waals surface area contributed by atoms with Crippen LogP contribution in [-0.4, -0.2) is 48.1 Å². The third kappa shape index (κ3) is 6.27. The van der Waals surface area contributed by atoms with E-state index in [1.807, 2.05) is 0 Å². The van der Waals surface area contributed by atoms with Crippen molar-refractivity contribution in [1.29, 1.82) is 0 Å². The maximum atomic E-state index is 12.4. The molecule has 0 radical (unpaired) electrons. The van der Waals surface area contributed by atoms with Crippen LogP contribution in [0.1, 0.15) is 32.8 Å². The van der Waals surface area contributed by atoms with E-state index in [1.54, 1.807) is 0 Å². The summed E-state index contributed by atoms with van der Waals surface area (Å²) in [5.41, 5.74) is 2.48. The van der Waals surface area contributed by atoms with Gasteiger partial charge in [-0.1, -0.05) is 0 Å². The van der Waals surface area contributed by atoms with Crippen molar-refractivity contribution < 1.29 is 38.4 Å². The molecular formula is C25H21N5O10S. The van der Waals surface area contributed by atoms with Gasteiger partial charge in [0.25, 0.3) is 5.69 Å². The minimum Gasteiger partial charge on any atom is -0.493 e. The number of esters is 1. The molecule has 0 spiro atoms. The molecule has 1 aromatic heterocycles. The molecular weight excluding hydrogens is 562 g/mol. The van der Waals surface area contributed by atoms with Crippen LogP contribution in [0.15, 0.2) is 41.5 Å². The second kappa shape index (κ2) is 12.2. The summed E-state index contributed by atoms with van der Waals surface area (Å²) >= 11 is 1.22. The van der Waals surface area contributed by atoms with Crippen LogP contribution in [0.25, 0.3) is 0 Å². The molecule has 2 amide bonds. The summed E-state index contributed by atoms with van der Waals surface area (Å²) in [6, 6.07) is 7.28. The fourth-order valence-corrected chi connectivity index (χ4v) is 5.27. The molecule has 1 aliphatic carbocycles. The Labute approximate surface area is 235 Å². The highest BCUT2D eigenvalue weighted by atomic mass is 32.1. The maximum absolute atomic E-state index is 12.4. The van der Waals surface area contributed by atoms with Gasteiger partial charge in [0.15, 0.2) is 11.5 Å². The summed E-state index contributed by atoms with van der Waals surface area (Å²) in [6.45, 7) is 0. The van der Waals surface area contributed by atoms with Crippen LogP contribution in [0.2, 0.25) is 0 Å². The number of carbonyl (C=O) groups is 3. The molecule has 3 aromatic rings. The van der Waals surface area contributed by atoms with Gasteiger partial charge in [-0.15, -0.1) is 11.3 Å². The molecule has 16 heteroatoms. The number of nitro groups is 2. The monoisotopic (exact) mass is 583 g/mol. The predicted octanol–water partition coefficient (Wildman–Crippen LogP) is 3.73. The Bertz CT molecular complexity index is 1600. The molecule has 2 aromatic carbocycles. The van der Waals surface area contributed by atoms with Gasteiger partial charge in [0.2, 0.25) is 5.75 Å². The predicted molar refractivity (Wildman–Crippen MR) is 145 cm³/mol. The van der Waals surface area contributed by atoms with Crippen molar-refractivity contribution in [2.75, 3.05) is 19.5 Å². The molecule has 4 rings (SSSR count). The molecule has 0 fully saturated rings. The van der Waals surface area contributed by atoms with E-state index < -0.39 is 39.0 Å². The van der Waals surface area contributed by atoms with E-state index in [9.17, 15) is 34.6 Å². The summed E-state index contributed by atoms with van der Waals surface area (Å²) in [5.74, 6) is -2.75. The van der Waals surface area contributed by atoms with E-state index in [2.05, 4.69) is 15.8 Å². The summed E-state index contributed by atoms with van der Waals surface area (Å²) < 4.78 is 15.7. The Kier molecular flexibility index (Phi) is 8.52. The van der Waals surface area contributed by atoms with Crippen molar-refractivity contribution in [3.8, 4) is 17.2 Å². The van der Waals surface area contributed by atoms with Gasteiger partial charge in [-0.25, -0.2) is 10.2 Å². The van der Waals surface area contributed by atoms with E-state index in [1.165, 1.54) is 50.0 Å². The Morgan fingerprint density at radius 1 is 0.976 bits per heavy atom. The first kappa shape index (κ1) is 28.6. The number of non-ortho nitro benzene ring substituents is 1. The summed E-state index contributed by atoms with van der Waals surface area (Å²) in [6.07, 6.45) is 3.56. The molecule has 212 valence electrons. The number of rotatable bonds is 9. The second-order valence-corrected chi connectivity index (χ2v) is 9.49. The number of nitrogens with one attached hydrogen (secondary N) is 2. The first-order chi connectivity index (χ1) is 19.6. The Morgan fingerprint density at radius 2 is 1.73 bits per heavy atom. The van der Waals surface area contributed by atoms with E-state index in [0.29, 0.717) is 12.0 Å². The minimum absolute atomic E-state index is 0.0641. The summed E-state index contributed by atoms with van der Waals surface area (Å²) in [7, 11) is 2.56. The van der Waals surface area contributed by atoms with Crippen LogP contribution in [0.4, 0.5) is 16.4 Å². The molecule has 0 saturated carbocycles. The number of hydrazone groups is 1. The third-order valence-corrected chi connectivity index (χ3v) is 7.09. The largest absolute Gasteiger partial charge is 0.493 e. The number of hydrogen-bond donors (Lipinski definition) is 2. The van der Waals surface area contributed by atoms with Crippen molar-refractivity contribution in [2.24, 2.45) is 5.10 Å². The topological polar surface area (TPSA) is 202 Å². The smallest absolute Gasteiger partial charge is 0.341 e. The fraction of sp³-hybridized carbons (Fsp3) is 0.200. The Hall–Kier alpha value is -5.38. The zero-order valence-electron chi connectivity index (χ0n) is 21.5. The standard InChI is InChI=1S/C25H21N5O10S/c1-38-19-10-13(6-8-18(19)40-17-9-7-14(29(34)35)11-16(17)30(36)37)12-26-28-23(32)22(31)27-24-21(25(33)39-2)15-4-3-5-20(15)41-24/h6-12H,3-5H2,1-2H3,(H,27,31)(H,28,32). The second-order valence-electron chi connectivity index (χ2n) is 8.38. The van der Waals surface area contributed by atoms with Gasteiger partial charge < -0.3 is 19.5 Å². The lowest BCUT2D eigenvalue weighted by molar-refractivity contribution is -0.394. The third-order valence-electron chi connectivity index (χ3n) is 5.88. The lowest BCUT2D eigenvalue weighted by Gasteiger charge is -2.11. The van der Waals surface area contributed by atoms with Crippen LogP contribution in [0, 0.1) is 20.2 Å². The SMILES string of the molecule is COC(=O)c1c(NC(=O)C(=O)NN=Cc2ccc(Oc3ccc([N+](=O)[O-])cc3[N+](=O)[O-])c(OC)c2)sc2c1CCC2. The van der Waals surface area contributed by atoms with Gasteiger partial charge in [-0.2, -0.15) is 5.10 Å². The van der Waals surface area contributed by atoms with Gasteiger partial charge in [0, 0.05) is 10.9 Å². The minimum atomic E-state index is -1.08. The molecule has 0 saturated heterocycles. The highest BCUT2D eigenvalue weighted by Gasteiger charge is 2.29. The van der Waals surface area contributed by atoms with Crippen LogP contribution >= 0.6 is 11.3 Å². The molecule has 0 unspecified atom stereocenters. The average molecular weight is 584 g/mol. The first-order valence-electron chi connectivity index (χ1n) is 11.8. The Balaban J connectivity index is 1.43. The van der Waals surface area contributed by atoms with Crippen LogP contribution < -0.4 is 20.2 Å². The zero-order chi connectivity index (χ0) is 29.7. The number of amides is 2. The van der Waals surface area contributed by atoms with Crippen molar-refractivity contribution >= 4 is 51.7 Å². The molecule has 15 nitrogen and oxygen atoms in total. The van der Waals surface area contributed by atoms with Gasteiger partial charge >= 0.3 is 23.5 Å². The number of anilines is 1. The highest BCUT2D eigenvalue weighted by molar-refractivity contribution is 7.17. The van der Waals surface area contributed by atoms with Crippen molar-refractivity contribution in [3.63, 3.8) is 0 Å². The van der Waals surface area contributed by atoms with Crippen LogP contribution in [0.5, 0.6) is 17.2 Å². The fourth-order valence-electron chi connectivity index (χ4n) is 4.00. The molecule has 41 heavy (non-hydrogen) atoms. The quantitative estimate of drug-likeness (QED) is 0.123. The molecule has 1 heterocycles. The van der Waals surface area contributed by atoms with Gasteiger partial charge in [-0.3, -0.25) is 29.8 Å². The van der Waals surface area contributed by atoms with Gasteiger partial charge in [0.05, 0.1) is 41.9 Å². The number of nitro benzene ring substituents is 2. The molecule has 0 aliphatic heterocycles. The molecule has 2 N–H and O–H groups in total. The maximum Gasteiger partial charge on any atom is 0.341 e. The van der Waals surface area contributed by atoms with Gasteiger partial charge in [0.1, 0.15) is 5.00 Å². The molecule has 1 aliphatic rings. The summed E-state index contributed by atoms with van der Waals surface area (Å²) in [4.78, 5) is 58.7. The normalized spacial score (nSPS) is 12.0. The number of benzene rings is 2. The summed E-state index contributed by atoms with van der Waals surface area (Å²) in [5, 5.41) is 28.8. The molecule has 0 bridgehead atoms. The van der Waals surface area contributed by atoms with Crippen LogP contribution in [0.3, 0.4) is 0 Å². The van der Waals surface area contributed by atoms with E-state index in [-0.39, 0.29) is 27.8 Å².